The van der Waals surface area contributed by atoms with Gasteiger partial charge in [-0.05, 0) is 26.0 Å². The molecule has 2 nitrogen and oxygen atoms in total. The highest BCUT2D eigenvalue weighted by Crippen LogP contribution is 2.31. The van der Waals surface area contributed by atoms with Crippen molar-refractivity contribution >= 4 is 0 Å². The average Bonchev–Trinajstić information content (AvgIpc) is 2.24. The van der Waals surface area contributed by atoms with E-state index >= 15 is 0 Å². The summed E-state index contributed by atoms with van der Waals surface area (Å²) >= 11 is 0. The Kier molecular flexibility index (Phi) is 2.57. The van der Waals surface area contributed by atoms with E-state index in [0.29, 0.717) is 0 Å². The standard InChI is InChI=1S/C12H17NO/c1-12(8-9-13(2)10-14-12)11-6-4-3-5-7-11/h3-7H,8-10H2,1-2H3/t12-/m1/s1. The second kappa shape index (κ2) is 3.71. The van der Waals surface area contributed by atoms with Crippen LogP contribution in [0.25, 0.3) is 0 Å². The van der Waals surface area contributed by atoms with Gasteiger partial charge < -0.3 is 4.74 Å². The highest BCUT2D eigenvalue weighted by atomic mass is 16.5. The molecule has 14 heavy (non-hydrogen) atoms. The Morgan fingerprint density at radius 3 is 2.57 bits per heavy atom. The van der Waals surface area contributed by atoms with Gasteiger partial charge in [-0.25, -0.2) is 0 Å². The lowest BCUT2D eigenvalue weighted by atomic mass is 9.91. The first-order valence-corrected chi connectivity index (χ1v) is 5.09. The van der Waals surface area contributed by atoms with Crippen LogP contribution in [0.2, 0.25) is 0 Å². The fraction of sp³-hybridized carbons (Fsp3) is 0.500. The van der Waals surface area contributed by atoms with E-state index in [-0.39, 0.29) is 5.60 Å². The molecule has 0 amide bonds. The molecule has 1 atom stereocenters. The molecule has 1 saturated heterocycles. The van der Waals surface area contributed by atoms with Crippen LogP contribution in [0.15, 0.2) is 30.3 Å². The van der Waals surface area contributed by atoms with E-state index in [4.69, 9.17) is 4.74 Å². The van der Waals surface area contributed by atoms with Gasteiger partial charge in [-0.3, -0.25) is 4.90 Å². The maximum atomic E-state index is 5.89. The molecule has 2 rings (SSSR count). The topological polar surface area (TPSA) is 12.5 Å². The Morgan fingerprint density at radius 2 is 2.00 bits per heavy atom. The summed E-state index contributed by atoms with van der Waals surface area (Å²) in [7, 11) is 2.09. The molecule has 1 aliphatic rings. The molecule has 0 bridgehead atoms. The number of rotatable bonds is 1. The molecular formula is C12H17NO. The maximum Gasteiger partial charge on any atom is 0.0999 e. The minimum absolute atomic E-state index is 0.0895. The average molecular weight is 191 g/mol. The van der Waals surface area contributed by atoms with E-state index in [1.54, 1.807) is 0 Å². The van der Waals surface area contributed by atoms with Gasteiger partial charge in [-0.1, -0.05) is 30.3 Å². The van der Waals surface area contributed by atoms with Crippen LogP contribution >= 0.6 is 0 Å². The molecule has 2 heteroatoms. The van der Waals surface area contributed by atoms with Crippen LogP contribution in [0.5, 0.6) is 0 Å². The molecule has 1 aliphatic heterocycles. The van der Waals surface area contributed by atoms with Crippen molar-refractivity contribution in [3.05, 3.63) is 35.9 Å². The molecule has 1 aromatic carbocycles. The van der Waals surface area contributed by atoms with E-state index in [1.807, 2.05) is 6.07 Å². The summed E-state index contributed by atoms with van der Waals surface area (Å²) in [5.41, 5.74) is 1.20. The molecule has 1 heterocycles. The zero-order valence-electron chi connectivity index (χ0n) is 8.86. The predicted molar refractivity (Wildman–Crippen MR) is 57.0 cm³/mol. The van der Waals surface area contributed by atoms with Crippen molar-refractivity contribution in [2.24, 2.45) is 0 Å². The summed E-state index contributed by atoms with van der Waals surface area (Å²) in [6, 6.07) is 10.5. The van der Waals surface area contributed by atoms with Crippen LogP contribution < -0.4 is 0 Å². The number of hydrogen-bond acceptors (Lipinski definition) is 2. The van der Waals surface area contributed by atoms with Gasteiger partial charge in [0.1, 0.15) is 0 Å². The summed E-state index contributed by atoms with van der Waals surface area (Å²) in [6.07, 6.45) is 1.06. The van der Waals surface area contributed by atoms with Crippen molar-refractivity contribution in [2.75, 3.05) is 20.3 Å². The minimum Gasteiger partial charge on any atom is -0.355 e. The molecule has 1 fully saturated rings. The fourth-order valence-corrected chi connectivity index (χ4v) is 1.81. The monoisotopic (exact) mass is 191 g/mol. The van der Waals surface area contributed by atoms with Gasteiger partial charge in [0.25, 0.3) is 0 Å². The number of benzene rings is 1. The highest BCUT2D eigenvalue weighted by Gasteiger charge is 2.31. The summed E-state index contributed by atoms with van der Waals surface area (Å²) in [5.74, 6) is 0. The van der Waals surface area contributed by atoms with Crippen LogP contribution in [0.3, 0.4) is 0 Å². The first-order valence-electron chi connectivity index (χ1n) is 5.09. The SMILES string of the molecule is CN1CC[C@](C)(c2ccccc2)OC1. The fourth-order valence-electron chi connectivity index (χ4n) is 1.81. The summed E-state index contributed by atoms with van der Waals surface area (Å²) in [6.45, 7) is 4.01. The van der Waals surface area contributed by atoms with Crippen LogP contribution in [0.1, 0.15) is 18.9 Å². The zero-order chi connectivity index (χ0) is 10.0. The van der Waals surface area contributed by atoms with Gasteiger partial charge in [0.2, 0.25) is 0 Å². The lowest BCUT2D eigenvalue weighted by molar-refractivity contribution is -0.126. The third-order valence-corrected chi connectivity index (χ3v) is 2.96. The van der Waals surface area contributed by atoms with Gasteiger partial charge in [0.15, 0.2) is 0 Å². The van der Waals surface area contributed by atoms with Crippen molar-refractivity contribution in [1.29, 1.82) is 0 Å². The molecule has 0 aromatic heterocycles. The number of nitrogens with zero attached hydrogens (tertiary/aromatic N) is 1. The Bertz CT molecular complexity index is 288. The van der Waals surface area contributed by atoms with Crippen LogP contribution in [0, 0.1) is 0 Å². The molecule has 0 unspecified atom stereocenters. The molecule has 76 valence electrons. The molecule has 0 spiro atoms. The van der Waals surface area contributed by atoms with Crippen LogP contribution in [0.4, 0.5) is 0 Å². The smallest absolute Gasteiger partial charge is 0.0999 e. The largest absolute Gasteiger partial charge is 0.355 e. The Labute approximate surface area is 85.5 Å². The van der Waals surface area contributed by atoms with Crippen molar-refractivity contribution in [3.63, 3.8) is 0 Å². The molecular weight excluding hydrogens is 174 g/mol. The quantitative estimate of drug-likeness (QED) is 0.675. The van der Waals surface area contributed by atoms with Gasteiger partial charge >= 0.3 is 0 Å². The third-order valence-electron chi connectivity index (χ3n) is 2.96. The second-order valence-electron chi connectivity index (χ2n) is 4.20. The van der Waals surface area contributed by atoms with E-state index in [2.05, 4.69) is 43.1 Å². The van der Waals surface area contributed by atoms with E-state index in [0.717, 1.165) is 19.7 Å². The van der Waals surface area contributed by atoms with Gasteiger partial charge in [0, 0.05) is 6.54 Å². The first-order chi connectivity index (χ1) is 6.71. The van der Waals surface area contributed by atoms with Gasteiger partial charge in [0.05, 0.1) is 12.3 Å². The molecule has 0 radical (unpaired) electrons. The number of ether oxygens (including phenoxy) is 1. The number of hydrogen-bond donors (Lipinski definition) is 0. The first kappa shape index (κ1) is 9.69. The highest BCUT2D eigenvalue weighted by molar-refractivity contribution is 5.22. The predicted octanol–water partition coefficient (Wildman–Crippen LogP) is 2.21. The van der Waals surface area contributed by atoms with Gasteiger partial charge in [-0.15, -0.1) is 0 Å². The maximum absolute atomic E-state index is 5.89. The molecule has 0 saturated carbocycles. The van der Waals surface area contributed by atoms with E-state index in [1.165, 1.54) is 5.56 Å². The lowest BCUT2D eigenvalue weighted by Gasteiger charge is -2.38. The van der Waals surface area contributed by atoms with Crippen LogP contribution in [-0.2, 0) is 10.3 Å². The van der Waals surface area contributed by atoms with Crippen molar-refractivity contribution in [3.8, 4) is 0 Å². The third kappa shape index (κ3) is 1.81. The van der Waals surface area contributed by atoms with Crippen molar-refractivity contribution in [1.82, 2.24) is 4.90 Å². The van der Waals surface area contributed by atoms with Crippen LogP contribution in [-0.4, -0.2) is 25.2 Å². The summed E-state index contributed by atoms with van der Waals surface area (Å²) < 4.78 is 5.89. The van der Waals surface area contributed by atoms with E-state index < -0.39 is 0 Å². The lowest BCUT2D eigenvalue weighted by Crippen LogP contribution is -2.41. The van der Waals surface area contributed by atoms with Crippen molar-refractivity contribution < 1.29 is 4.74 Å². The molecule has 1 aromatic rings. The zero-order valence-corrected chi connectivity index (χ0v) is 8.86. The van der Waals surface area contributed by atoms with Crippen molar-refractivity contribution in [2.45, 2.75) is 18.9 Å². The molecule has 0 aliphatic carbocycles. The second-order valence-corrected chi connectivity index (χ2v) is 4.20. The minimum atomic E-state index is -0.0895. The Hall–Kier alpha value is -0.860. The Balaban J connectivity index is 2.17. The summed E-state index contributed by atoms with van der Waals surface area (Å²) in [5, 5.41) is 0. The Morgan fingerprint density at radius 1 is 1.29 bits per heavy atom. The molecule has 0 N–H and O–H groups in total. The normalized spacial score (nSPS) is 29.0. The van der Waals surface area contributed by atoms with Gasteiger partial charge in [-0.2, -0.15) is 0 Å². The van der Waals surface area contributed by atoms with E-state index in [9.17, 15) is 0 Å². The summed E-state index contributed by atoms with van der Waals surface area (Å²) in [4.78, 5) is 2.20.